The quantitative estimate of drug-likeness (QED) is 0.0702. The third-order valence-corrected chi connectivity index (χ3v) is 27.9. The molecule has 1 aliphatic heterocycles. The summed E-state index contributed by atoms with van der Waals surface area (Å²) in [5.74, 6) is -0.576. The van der Waals surface area contributed by atoms with E-state index in [1.54, 1.807) is 12.7 Å². The normalized spacial score (nSPS) is 18.9. The van der Waals surface area contributed by atoms with Gasteiger partial charge >= 0.3 is 12.1 Å². The van der Waals surface area contributed by atoms with Crippen molar-refractivity contribution in [1.29, 1.82) is 0 Å². The van der Waals surface area contributed by atoms with Crippen LogP contribution in [0, 0.1) is 0 Å². The van der Waals surface area contributed by atoms with Gasteiger partial charge in [0.15, 0.2) is 36.8 Å². The number of hydrogen-bond donors (Lipinski definition) is 1. The summed E-state index contributed by atoms with van der Waals surface area (Å²) in [7, 11) is -6.95. The van der Waals surface area contributed by atoms with Crippen molar-refractivity contribution >= 4 is 48.2 Å². The number of ether oxygens (including phenoxy) is 3. The number of nitrogens with one attached hydrogen (secondary N) is 1. The van der Waals surface area contributed by atoms with Gasteiger partial charge in [0.05, 0.1) is 12.9 Å². The molecule has 2 aromatic heterocycles. The molecule has 1 aliphatic rings. The highest BCUT2D eigenvalue weighted by Crippen LogP contribution is 2.47. The van der Waals surface area contributed by atoms with Gasteiger partial charge in [0.25, 0.3) is 0 Å². The molecule has 1 N–H and O–H groups in total. The van der Waals surface area contributed by atoms with Crippen LogP contribution in [0.5, 0.6) is 0 Å². The summed E-state index contributed by atoms with van der Waals surface area (Å²) < 4.78 is 42.1. The Hall–Kier alpha value is -4.56. The van der Waals surface area contributed by atoms with Crippen LogP contribution in [0.1, 0.15) is 85.2 Å². The predicted octanol–water partition coefficient (Wildman–Crippen LogP) is 11.8. The first-order chi connectivity index (χ1) is 31.7. The summed E-state index contributed by atoms with van der Waals surface area (Å²) in [6, 6.07) is 25.5. The van der Waals surface area contributed by atoms with Crippen molar-refractivity contribution in [2.24, 2.45) is 0 Å². The third kappa shape index (κ3) is 12.6. The number of carbonyl (C=O) groups is 2. The van der Waals surface area contributed by atoms with Crippen molar-refractivity contribution in [3.8, 4) is 11.3 Å². The molecule has 0 saturated carbocycles. The smallest absolute Gasteiger partial charge is 0.408 e. The SMILES string of the molecule is CC(C)(C)[Si](C)(C)OC[C@H]1O[C@@H](n2cnc3c(-c4ccc(C[C@H](NC(=O)OCc5ccccc5)C(=O)OCc5ccccc5)cc4)ncnc32)[C@H](O[Si](C)(C)C(C)(C)C)[C@@H]1O[Si](C)(C)C(C)(C)C. The number of amides is 1. The van der Waals surface area contributed by atoms with Gasteiger partial charge in [-0.15, -0.1) is 0 Å². The lowest BCUT2D eigenvalue weighted by molar-refractivity contribution is -0.147. The van der Waals surface area contributed by atoms with E-state index in [0.717, 1.165) is 22.3 Å². The number of fused-ring (bicyclic) bond motifs is 1. The molecule has 0 unspecified atom stereocenters. The summed E-state index contributed by atoms with van der Waals surface area (Å²) in [5, 5.41) is 2.60. The third-order valence-electron chi connectivity index (χ3n) is 14.5. The van der Waals surface area contributed by atoms with E-state index in [4.69, 9.17) is 42.4 Å². The van der Waals surface area contributed by atoms with Gasteiger partial charge in [-0.2, -0.15) is 0 Å². The monoisotopic (exact) mass is 981 g/mol. The van der Waals surface area contributed by atoms with Gasteiger partial charge < -0.3 is 32.8 Å². The number of esters is 1. The Kier molecular flexibility index (Phi) is 16.2. The molecule has 0 aliphatic carbocycles. The van der Waals surface area contributed by atoms with Gasteiger partial charge in [-0.1, -0.05) is 147 Å². The maximum atomic E-state index is 13.5. The fourth-order valence-electron chi connectivity index (χ4n) is 7.09. The Bertz CT molecular complexity index is 2460. The fraction of sp³-hybridized carbons (Fsp3) is 0.519. The first-order valence-corrected chi connectivity index (χ1v) is 32.5. The van der Waals surface area contributed by atoms with Gasteiger partial charge in [-0.05, 0) is 71.1 Å². The molecule has 5 aromatic rings. The molecule has 68 heavy (non-hydrogen) atoms. The Morgan fingerprint density at radius 1 is 0.662 bits per heavy atom. The van der Waals surface area contributed by atoms with Crippen LogP contribution >= 0.6 is 0 Å². The number of alkyl carbamates (subject to hydrolysis) is 1. The van der Waals surface area contributed by atoms with Gasteiger partial charge in [-0.3, -0.25) is 4.57 Å². The number of carbonyl (C=O) groups excluding carboxylic acids is 2. The topological polar surface area (TPSA) is 145 Å². The molecule has 16 heteroatoms. The van der Waals surface area contributed by atoms with Crippen molar-refractivity contribution < 1.29 is 37.1 Å². The van der Waals surface area contributed by atoms with Crippen molar-refractivity contribution in [2.45, 2.75) is 167 Å². The molecule has 3 heterocycles. The maximum absolute atomic E-state index is 13.5. The van der Waals surface area contributed by atoms with Crippen LogP contribution in [0.15, 0.2) is 97.6 Å². The molecule has 1 fully saturated rings. The molecule has 0 bridgehead atoms. The lowest BCUT2D eigenvalue weighted by Crippen LogP contribution is -2.54. The molecule has 13 nitrogen and oxygen atoms in total. The number of hydrogen-bond acceptors (Lipinski definition) is 11. The van der Waals surface area contributed by atoms with Crippen LogP contribution in [-0.4, -0.2) is 87.5 Å². The van der Waals surface area contributed by atoms with Crippen LogP contribution in [-0.2, 0) is 51.9 Å². The first kappa shape index (κ1) is 52.8. The molecule has 1 amide bonds. The first-order valence-electron chi connectivity index (χ1n) is 23.8. The summed E-state index contributed by atoms with van der Waals surface area (Å²) in [6.07, 6.45) is 0.843. The minimum Gasteiger partial charge on any atom is -0.459 e. The van der Waals surface area contributed by atoms with Crippen molar-refractivity contribution in [2.75, 3.05) is 6.61 Å². The zero-order chi connectivity index (χ0) is 49.9. The van der Waals surface area contributed by atoms with E-state index in [9.17, 15) is 9.59 Å². The highest BCUT2D eigenvalue weighted by atomic mass is 28.4. The summed E-state index contributed by atoms with van der Waals surface area (Å²) in [6.45, 7) is 34.4. The van der Waals surface area contributed by atoms with Crippen LogP contribution in [0.3, 0.4) is 0 Å². The van der Waals surface area contributed by atoms with E-state index in [-0.39, 0.29) is 34.7 Å². The Morgan fingerprint density at radius 2 is 1.19 bits per heavy atom. The second-order valence-electron chi connectivity index (χ2n) is 22.6. The number of nitrogens with zero attached hydrogens (tertiary/aromatic N) is 4. The maximum Gasteiger partial charge on any atom is 0.408 e. The van der Waals surface area contributed by atoms with Gasteiger partial charge in [0.2, 0.25) is 0 Å². The number of rotatable bonds is 17. The van der Waals surface area contributed by atoms with Gasteiger partial charge in [0, 0.05) is 12.0 Å². The van der Waals surface area contributed by atoms with Crippen LogP contribution < -0.4 is 5.32 Å². The minimum absolute atomic E-state index is 0.00744. The largest absolute Gasteiger partial charge is 0.459 e. The van der Waals surface area contributed by atoms with E-state index in [1.807, 2.05) is 89.5 Å². The highest BCUT2D eigenvalue weighted by molar-refractivity contribution is 6.75. The molecule has 3 aromatic carbocycles. The van der Waals surface area contributed by atoms with E-state index >= 15 is 0 Å². The molecule has 1 saturated heterocycles. The predicted molar refractivity (Wildman–Crippen MR) is 275 cm³/mol. The fourth-order valence-corrected chi connectivity index (χ4v) is 10.7. The van der Waals surface area contributed by atoms with E-state index in [0.29, 0.717) is 23.5 Å². The Balaban J connectivity index is 1.30. The summed E-state index contributed by atoms with van der Waals surface area (Å²) >= 11 is 0. The number of imidazole rings is 1. The second-order valence-corrected chi connectivity index (χ2v) is 36.9. The highest BCUT2D eigenvalue weighted by Gasteiger charge is 2.55. The Morgan fingerprint density at radius 3 is 1.74 bits per heavy atom. The molecule has 0 spiro atoms. The van der Waals surface area contributed by atoms with Crippen molar-refractivity contribution in [3.05, 3.63) is 114 Å². The van der Waals surface area contributed by atoms with E-state index < -0.39 is 67.6 Å². The average molecular weight is 982 g/mol. The summed E-state index contributed by atoms with van der Waals surface area (Å²) in [4.78, 5) is 41.1. The van der Waals surface area contributed by atoms with E-state index in [2.05, 4.69) is 107 Å². The molecule has 0 radical (unpaired) electrons. The lowest BCUT2D eigenvalue weighted by Gasteiger charge is -2.44. The summed E-state index contributed by atoms with van der Waals surface area (Å²) in [5.41, 5.74) is 5.09. The average Bonchev–Trinajstić information content (AvgIpc) is 3.84. The van der Waals surface area contributed by atoms with Crippen molar-refractivity contribution in [1.82, 2.24) is 24.8 Å². The second kappa shape index (κ2) is 20.8. The number of benzene rings is 3. The van der Waals surface area contributed by atoms with E-state index in [1.165, 1.54) is 0 Å². The molecule has 368 valence electrons. The molecular weight excluding hydrogens is 907 g/mol. The minimum atomic E-state index is -2.41. The van der Waals surface area contributed by atoms with Gasteiger partial charge in [-0.25, -0.2) is 24.5 Å². The molecule has 6 rings (SSSR count). The zero-order valence-electron chi connectivity index (χ0n) is 43.0. The standard InChI is InChI=1S/C52H75N5O8Si3/c1-50(2,3)66(10,11)62-33-41-44(64-67(12,13)51(4,5)6)45(65-68(14,15)52(7,8)9)47(63-41)57-35-55-43-42(53-34-54-46(43)57)39-28-26-36(27-29-39)30-40(48(58)60-31-37-22-18-16-19-23-37)56-49(59)61-32-38-24-20-17-21-25-38/h16-29,34-35,40-41,44-45,47H,30-33H2,1-15H3,(H,56,59)/t40-,41+,44+,45+,47+/m0/s1. The lowest BCUT2D eigenvalue weighted by atomic mass is 10.0. The number of aromatic nitrogens is 4. The van der Waals surface area contributed by atoms with Crippen molar-refractivity contribution in [3.63, 3.8) is 0 Å². The van der Waals surface area contributed by atoms with Crippen LogP contribution in [0.2, 0.25) is 54.4 Å². The van der Waals surface area contributed by atoms with Crippen LogP contribution in [0.4, 0.5) is 4.79 Å². The van der Waals surface area contributed by atoms with Crippen LogP contribution in [0.25, 0.3) is 22.4 Å². The molecular formula is C52H75N5O8Si3. The molecule has 5 atom stereocenters. The zero-order valence-corrected chi connectivity index (χ0v) is 46.0. The van der Waals surface area contributed by atoms with Gasteiger partial charge in [0.1, 0.15) is 55.1 Å². The Labute approximate surface area is 407 Å².